The summed E-state index contributed by atoms with van der Waals surface area (Å²) in [6.07, 6.45) is 7.69. The number of aromatic nitrogens is 1. The van der Waals surface area contributed by atoms with Crippen molar-refractivity contribution in [3.63, 3.8) is 0 Å². The number of aliphatic hydroxyl groups is 1. The molecule has 24 heavy (non-hydrogen) atoms. The smallest absolute Gasteiger partial charge is 0.251 e. The molecule has 1 aromatic carbocycles. The standard InChI is InChI=1S/C19H26N2O3/c1-2-3-7-17-21-15-12-14(8-9-16(15)24-17)18(22)20-13-19(23)10-5-4-6-11-19/h8-9,12,23H,2-7,10-11,13H2,1H3,(H,20,22). The molecule has 2 aromatic rings. The molecular weight excluding hydrogens is 304 g/mol. The van der Waals surface area contributed by atoms with Crippen LogP contribution in [0.2, 0.25) is 0 Å². The Morgan fingerprint density at radius 2 is 2.12 bits per heavy atom. The van der Waals surface area contributed by atoms with E-state index in [1.165, 1.54) is 6.42 Å². The van der Waals surface area contributed by atoms with E-state index in [4.69, 9.17) is 4.42 Å². The van der Waals surface area contributed by atoms with Crippen molar-refractivity contribution in [2.24, 2.45) is 0 Å². The largest absolute Gasteiger partial charge is 0.441 e. The van der Waals surface area contributed by atoms with Gasteiger partial charge in [0, 0.05) is 18.5 Å². The summed E-state index contributed by atoms with van der Waals surface area (Å²) in [4.78, 5) is 16.8. The van der Waals surface area contributed by atoms with E-state index >= 15 is 0 Å². The molecule has 1 fully saturated rings. The number of unbranched alkanes of at least 4 members (excludes halogenated alkanes) is 1. The second kappa shape index (κ2) is 7.34. The summed E-state index contributed by atoms with van der Waals surface area (Å²) < 4.78 is 5.69. The number of nitrogens with one attached hydrogen (secondary N) is 1. The van der Waals surface area contributed by atoms with Crippen molar-refractivity contribution >= 4 is 17.0 Å². The van der Waals surface area contributed by atoms with Crippen LogP contribution in [0.5, 0.6) is 0 Å². The van der Waals surface area contributed by atoms with E-state index in [1.807, 2.05) is 0 Å². The molecule has 1 aliphatic rings. The minimum Gasteiger partial charge on any atom is -0.441 e. The molecule has 5 nitrogen and oxygen atoms in total. The Morgan fingerprint density at radius 1 is 1.33 bits per heavy atom. The first-order valence-electron chi connectivity index (χ1n) is 9.00. The number of oxazole rings is 1. The Bertz CT molecular complexity index is 702. The molecule has 130 valence electrons. The molecule has 1 amide bonds. The number of amides is 1. The van der Waals surface area contributed by atoms with Gasteiger partial charge in [-0.2, -0.15) is 0 Å². The van der Waals surface area contributed by atoms with Gasteiger partial charge in [0.25, 0.3) is 5.91 Å². The van der Waals surface area contributed by atoms with E-state index in [-0.39, 0.29) is 5.91 Å². The fourth-order valence-electron chi connectivity index (χ4n) is 3.28. The monoisotopic (exact) mass is 330 g/mol. The van der Waals surface area contributed by atoms with Gasteiger partial charge in [-0.15, -0.1) is 0 Å². The van der Waals surface area contributed by atoms with Crippen LogP contribution in [0.3, 0.4) is 0 Å². The fraction of sp³-hybridized carbons (Fsp3) is 0.579. The normalized spacial score (nSPS) is 17.1. The van der Waals surface area contributed by atoms with E-state index in [0.29, 0.717) is 23.2 Å². The summed E-state index contributed by atoms with van der Waals surface area (Å²) in [5.74, 6) is 0.551. The molecule has 0 spiro atoms. The number of benzene rings is 1. The minimum atomic E-state index is -0.751. The number of nitrogens with zero attached hydrogens (tertiary/aromatic N) is 1. The summed E-state index contributed by atoms with van der Waals surface area (Å²) in [5.41, 5.74) is 1.23. The number of carbonyl (C=O) groups excluding carboxylic acids is 1. The molecule has 3 rings (SSSR count). The molecule has 1 heterocycles. The number of carbonyl (C=O) groups is 1. The van der Waals surface area contributed by atoms with E-state index in [9.17, 15) is 9.90 Å². The van der Waals surface area contributed by atoms with Gasteiger partial charge >= 0.3 is 0 Å². The topological polar surface area (TPSA) is 75.4 Å². The van der Waals surface area contributed by atoms with Gasteiger partial charge in [0.1, 0.15) is 5.52 Å². The molecule has 2 N–H and O–H groups in total. The third kappa shape index (κ3) is 3.96. The fourth-order valence-corrected chi connectivity index (χ4v) is 3.28. The van der Waals surface area contributed by atoms with Crippen LogP contribution in [0.15, 0.2) is 22.6 Å². The molecule has 0 unspecified atom stereocenters. The Morgan fingerprint density at radius 3 is 2.88 bits per heavy atom. The van der Waals surface area contributed by atoms with Crippen molar-refractivity contribution in [2.45, 2.75) is 63.9 Å². The molecule has 1 saturated carbocycles. The van der Waals surface area contributed by atoms with E-state index in [1.54, 1.807) is 18.2 Å². The average Bonchev–Trinajstić information content (AvgIpc) is 3.00. The summed E-state index contributed by atoms with van der Waals surface area (Å²) in [6.45, 7) is 2.44. The van der Waals surface area contributed by atoms with Crippen molar-refractivity contribution in [1.29, 1.82) is 0 Å². The number of hydrogen-bond donors (Lipinski definition) is 2. The predicted molar refractivity (Wildman–Crippen MR) is 93.0 cm³/mol. The molecule has 5 heteroatoms. The quantitative estimate of drug-likeness (QED) is 0.848. The first kappa shape index (κ1) is 17.0. The Labute approximate surface area is 142 Å². The van der Waals surface area contributed by atoms with Crippen LogP contribution in [0.4, 0.5) is 0 Å². The molecule has 1 aliphatic carbocycles. The van der Waals surface area contributed by atoms with Crippen molar-refractivity contribution in [1.82, 2.24) is 10.3 Å². The highest BCUT2D eigenvalue weighted by Gasteiger charge is 2.29. The van der Waals surface area contributed by atoms with Crippen LogP contribution in [-0.2, 0) is 6.42 Å². The van der Waals surface area contributed by atoms with Gasteiger partial charge in [0.05, 0.1) is 5.60 Å². The molecule has 1 aromatic heterocycles. The summed E-state index contributed by atoms with van der Waals surface area (Å²) in [6, 6.07) is 5.30. The predicted octanol–water partition coefficient (Wildman–Crippen LogP) is 3.60. The third-order valence-corrected chi connectivity index (χ3v) is 4.80. The van der Waals surface area contributed by atoms with Crippen molar-refractivity contribution in [2.75, 3.05) is 6.54 Å². The van der Waals surface area contributed by atoms with Gasteiger partial charge in [0.2, 0.25) is 0 Å². The number of rotatable bonds is 6. The summed E-state index contributed by atoms with van der Waals surface area (Å²) >= 11 is 0. The minimum absolute atomic E-state index is 0.172. The lowest BCUT2D eigenvalue weighted by Gasteiger charge is -2.32. The van der Waals surface area contributed by atoms with E-state index in [2.05, 4.69) is 17.2 Å². The maximum Gasteiger partial charge on any atom is 0.251 e. The van der Waals surface area contributed by atoms with Crippen LogP contribution >= 0.6 is 0 Å². The van der Waals surface area contributed by atoms with Crippen molar-refractivity contribution in [3.8, 4) is 0 Å². The average molecular weight is 330 g/mol. The van der Waals surface area contributed by atoms with Crippen LogP contribution in [0.25, 0.3) is 11.1 Å². The molecule has 0 saturated heterocycles. The second-order valence-corrected chi connectivity index (χ2v) is 6.86. The zero-order chi connectivity index (χ0) is 17.0. The lowest BCUT2D eigenvalue weighted by Crippen LogP contribution is -2.44. The molecule has 0 atom stereocenters. The van der Waals surface area contributed by atoms with Gasteiger partial charge in [-0.25, -0.2) is 4.98 Å². The van der Waals surface area contributed by atoms with E-state index < -0.39 is 5.60 Å². The lowest BCUT2D eigenvalue weighted by molar-refractivity contribution is 0.00526. The number of hydrogen-bond acceptors (Lipinski definition) is 4. The zero-order valence-electron chi connectivity index (χ0n) is 14.3. The highest BCUT2D eigenvalue weighted by molar-refractivity contribution is 5.97. The number of aryl methyl sites for hydroxylation is 1. The molecule has 0 radical (unpaired) electrons. The third-order valence-electron chi connectivity index (χ3n) is 4.80. The Hall–Kier alpha value is -1.88. The van der Waals surface area contributed by atoms with Gasteiger partial charge in [0.15, 0.2) is 11.5 Å². The van der Waals surface area contributed by atoms with Crippen molar-refractivity contribution < 1.29 is 14.3 Å². The van der Waals surface area contributed by atoms with Crippen LogP contribution in [-0.4, -0.2) is 28.1 Å². The summed E-state index contributed by atoms with van der Waals surface area (Å²) in [7, 11) is 0. The molecule has 0 bridgehead atoms. The first-order chi connectivity index (χ1) is 11.6. The molecule has 0 aliphatic heterocycles. The van der Waals surface area contributed by atoms with Gasteiger partial charge in [-0.3, -0.25) is 4.79 Å². The van der Waals surface area contributed by atoms with Gasteiger partial charge in [-0.05, 0) is 37.5 Å². The van der Waals surface area contributed by atoms with Crippen molar-refractivity contribution in [3.05, 3.63) is 29.7 Å². The number of fused-ring (bicyclic) bond motifs is 1. The maximum absolute atomic E-state index is 12.4. The Kier molecular flexibility index (Phi) is 5.19. The van der Waals surface area contributed by atoms with Crippen LogP contribution in [0.1, 0.15) is 68.1 Å². The zero-order valence-corrected chi connectivity index (χ0v) is 14.3. The lowest BCUT2D eigenvalue weighted by atomic mass is 9.85. The van der Waals surface area contributed by atoms with Crippen LogP contribution < -0.4 is 5.32 Å². The second-order valence-electron chi connectivity index (χ2n) is 6.86. The molecular formula is C19H26N2O3. The van der Waals surface area contributed by atoms with Gasteiger partial charge in [-0.1, -0.05) is 32.6 Å². The van der Waals surface area contributed by atoms with Gasteiger partial charge < -0.3 is 14.8 Å². The Balaban J connectivity index is 1.65. The highest BCUT2D eigenvalue weighted by Crippen LogP contribution is 2.27. The first-order valence-corrected chi connectivity index (χ1v) is 9.00. The maximum atomic E-state index is 12.4. The van der Waals surface area contributed by atoms with E-state index in [0.717, 1.165) is 50.8 Å². The highest BCUT2D eigenvalue weighted by atomic mass is 16.3. The van der Waals surface area contributed by atoms with Crippen LogP contribution in [0, 0.1) is 0 Å². The summed E-state index contributed by atoms with van der Waals surface area (Å²) in [5, 5.41) is 13.4. The SMILES string of the molecule is CCCCc1nc2cc(C(=O)NCC3(O)CCCCC3)ccc2o1.